The van der Waals surface area contributed by atoms with Crippen molar-refractivity contribution in [3.8, 4) is 0 Å². The number of piperazine rings is 1. The van der Waals surface area contributed by atoms with Gasteiger partial charge in [-0.2, -0.15) is 4.80 Å². The fourth-order valence-electron chi connectivity index (χ4n) is 3.42. The van der Waals surface area contributed by atoms with Crippen molar-refractivity contribution in [2.45, 2.75) is 57.7 Å². The number of fused-ring (bicyclic) bond motifs is 2. The molecule has 2 unspecified atom stereocenters. The lowest BCUT2D eigenvalue weighted by Crippen LogP contribution is -2.52. The van der Waals surface area contributed by atoms with E-state index >= 15 is 0 Å². The van der Waals surface area contributed by atoms with E-state index in [2.05, 4.69) is 53.0 Å². The third kappa shape index (κ3) is 2.72. The maximum absolute atomic E-state index is 4.51. The molecule has 0 saturated carbocycles. The van der Waals surface area contributed by atoms with E-state index in [1.54, 1.807) is 4.80 Å². The number of nitrogens with zero attached hydrogens (tertiary/aromatic N) is 6. The summed E-state index contributed by atoms with van der Waals surface area (Å²) in [7, 11) is 2.24. The standard InChI is InChI=1S/C14H26N6/c1-14(2,3)20-16-13(15-17-20)7-8-19-11-5-6-12(19)10-18(4)9-11/h11-12H,5-10H2,1-4H3. The topological polar surface area (TPSA) is 50.1 Å². The van der Waals surface area contributed by atoms with Crippen molar-refractivity contribution in [3.05, 3.63) is 5.82 Å². The van der Waals surface area contributed by atoms with Gasteiger partial charge >= 0.3 is 0 Å². The summed E-state index contributed by atoms with van der Waals surface area (Å²) in [5.41, 5.74) is -0.0852. The first-order valence-electron chi connectivity index (χ1n) is 7.67. The van der Waals surface area contributed by atoms with Gasteiger partial charge in [0.15, 0.2) is 5.82 Å². The van der Waals surface area contributed by atoms with E-state index in [-0.39, 0.29) is 5.54 Å². The van der Waals surface area contributed by atoms with Gasteiger partial charge in [0.2, 0.25) is 0 Å². The number of hydrogen-bond acceptors (Lipinski definition) is 5. The summed E-state index contributed by atoms with van der Waals surface area (Å²) in [6.07, 6.45) is 3.60. The van der Waals surface area contributed by atoms with Crippen LogP contribution in [-0.2, 0) is 12.0 Å². The summed E-state index contributed by atoms with van der Waals surface area (Å²) in [6, 6.07) is 1.47. The van der Waals surface area contributed by atoms with Gasteiger partial charge in [0.05, 0.1) is 5.54 Å². The van der Waals surface area contributed by atoms with E-state index in [1.165, 1.54) is 25.9 Å². The molecule has 6 nitrogen and oxygen atoms in total. The lowest BCUT2D eigenvalue weighted by atomic mass is 10.1. The van der Waals surface area contributed by atoms with Crippen molar-refractivity contribution in [1.29, 1.82) is 0 Å². The van der Waals surface area contributed by atoms with E-state index in [0.717, 1.165) is 30.9 Å². The van der Waals surface area contributed by atoms with Gasteiger partial charge in [0, 0.05) is 38.1 Å². The van der Waals surface area contributed by atoms with Crippen molar-refractivity contribution in [1.82, 2.24) is 30.0 Å². The zero-order chi connectivity index (χ0) is 14.3. The number of likely N-dealkylation sites (N-methyl/N-ethyl adjacent to an activating group) is 1. The predicted octanol–water partition coefficient (Wildman–Crippen LogP) is 0.749. The molecule has 2 saturated heterocycles. The van der Waals surface area contributed by atoms with Crippen LogP contribution in [0, 0.1) is 0 Å². The van der Waals surface area contributed by atoms with Crippen molar-refractivity contribution in [2.24, 2.45) is 0 Å². The minimum absolute atomic E-state index is 0.0852. The molecule has 3 heterocycles. The number of rotatable bonds is 3. The first-order chi connectivity index (χ1) is 9.43. The molecule has 0 N–H and O–H groups in total. The van der Waals surface area contributed by atoms with Crippen LogP contribution >= 0.6 is 0 Å². The van der Waals surface area contributed by atoms with Gasteiger partial charge in [-0.25, -0.2) is 0 Å². The van der Waals surface area contributed by atoms with E-state index in [4.69, 9.17) is 0 Å². The zero-order valence-electron chi connectivity index (χ0n) is 13.1. The summed E-state index contributed by atoms with van der Waals surface area (Å²) < 4.78 is 0. The monoisotopic (exact) mass is 278 g/mol. The smallest absolute Gasteiger partial charge is 0.176 e. The largest absolute Gasteiger partial charge is 0.303 e. The van der Waals surface area contributed by atoms with Crippen molar-refractivity contribution >= 4 is 0 Å². The van der Waals surface area contributed by atoms with Crippen LogP contribution in [-0.4, -0.2) is 68.8 Å². The minimum Gasteiger partial charge on any atom is -0.303 e. The highest BCUT2D eigenvalue weighted by Crippen LogP contribution is 2.29. The Labute approximate surface area is 121 Å². The number of aromatic nitrogens is 4. The minimum atomic E-state index is -0.0852. The summed E-state index contributed by atoms with van der Waals surface area (Å²) >= 11 is 0. The van der Waals surface area contributed by atoms with E-state index < -0.39 is 0 Å². The third-order valence-electron chi connectivity index (χ3n) is 4.46. The maximum Gasteiger partial charge on any atom is 0.176 e. The molecule has 3 rings (SSSR count). The first kappa shape index (κ1) is 13.9. The molecule has 2 fully saturated rings. The van der Waals surface area contributed by atoms with Crippen LogP contribution in [0.1, 0.15) is 39.4 Å². The first-order valence-corrected chi connectivity index (χ1v) is 7.67. The normalized spacial score (nSPS) is 28.2. The number of tetrazole rings is 1. The Bertz CT molecular complexity index is 448. The Morgan fingerprint density at radius 1 is 1.15 bits per heavy atom. The second-order valence-corrected chi connectivity index (χ2v) is 7.26. The Hall–Kier alpha value is -1.01. The SMILES string of the molecule is CN1CC2CCC(C1)N2CCc1nnn(C(C)(C)C)n1. The average Bonchev–Trinajstić information content (AvgIpc) is 2.90. The Balaban J connectivity index is 1.59. The van der Waals surface area contributed by atoms with Gasteiger partial charge in [-0.05, 0) is 45.9 Å². The molecule has 1 aromatic rings. The zero-order valence-corrected chi connectivity index (χ0v) is 13.1. The van der Waals surface area contributed by atoms with Gasteiger partial charge in [-0.3, -0.25) is 4.90 Å². The lowest BCUT2D eigenvalue weighted by Gasteiger charge is -2.39. The van der Waals surface area contributed by atoms with E-state index in [0.29, 0.717) is 0 Å². The highest BCUT2D eigenvalue weighted by atomic mass is 15.6. The van der Waals surface area contributed by atoms with Crippen LogP contribution in [0.5, 0.6) is 0 Å². The molecule has 2 aliphatic rings. The maximum atomic E-state index is 4.51. The van der Waals surface area contributed by atoms with Crippen LogP contribution in [0.3, 0.4) is 0 Å². The summed E-state index contributed by atoms with van der Waals surface area (Å²) in [6.45, 7) is 9.77. The molecule has 0 aromatic carbocycles. The molecular weight excluding hydrogens is 252 g/mol. The van der Waals surface area contributed by atoms with Gasteiger partial charge in [0.1, 0.15) is 0 Å². The van der Waals surface area contributed by atoms with Crippen molar-refractivity contribution in [3.63, 3.8) is 0 Å². The van der Waals surface area contributed by atoms with Crippen molar-refractivity contribution < 1.29 is 0 Å². The molecular formula is C14H26N6. The molecule has 2 aliphatic heterocycles. The predicted molar refractivity (Wildman–Crippen MR) is 77.5 cm³/mol. The molecule has 2 atom stereocenters. The van der Waals surface area contributed by atoms with E-state index in [9.17, 15) is 0 Å². The Kier molecular flexibility index (Phi) is 3.54. The molecule has 6 heteroatoms. The van der Waals surface area contributed by atoms with Crippen LogP contribution in [0.4, 0.5) is 0 Å². The average molecular weight is 278 g/mol. The third-order valence-corrected chi connectivity index (χ3v) is 4.46. The summed E-state index contributed by atoms with van der Waals surface area (Å²) in [4.78, 5) is 6.85. The van der Waals surface area contributed by atoms with Crippen LogP contribution in [0.15, 0.2) is 0 Å². The molecule has 0 amide bonds. The highest BCUT2D eigenvalue weighted by molar-refractivity contribution is 4.96. The molecule has 0 radical (unpaired) electrons. The summed E-state index contributed by atoms with van der Waals surface area (Å²) in [5.74, 6) is 0.873. The second-order valence-electron chi connectivity index (χ2n) is 7.26. The molecule has 1 aromatic heterocycles. The van der Waals surface area contributed by atoms with Gasteiger partial charge in [-0.15, -0.1) is 10.2 Å². The lowest BCUT2D eigenvalue weighted by molar-refractivity contribution is 0.0831. The quantitative estimate of drug-likeness (QED) is 0.816. The van der Waals surface area contributed by atoms with Crippen LogP contribution < -0.4 is 0 Å². The second kappa shape index (κ2) is 5.07. The van der Waals surface area contributed by atoms with Gasteiger partial charge < -0.3 is 4.90 Å². The van der Waals surface area contributed by atoms with Crippen LogP contribution in [0.25, 0.3) is 0 Å². The van der Waals surface area contributed by atoms with Crippen molar-refractivity contribution in [2.75, 3.05) is 26.7 Å². The Morgan fingerprint density at radius 3 is 2.35 bits per heavy atom. The molecule has 2 bridgehead atoms. The molecule has 20 heavy (non-hydrogen) atoms. The van der Waals surface area contributed by atoms with Gasteiger partial charge in [0.25, 0.3) is 0 Å². The fourth-order valence-corrected chi connectivity index (χ4v) is 3.42. The number of hydrogen-bond donors (Lipinski definition) is 0. The highest BCUT2D eigenvalue weighted by Gasteiger charge is 2.38. The van der Waals surface area contributed by atoms with Gasteiger partial charge in [-0.1, -0.05) is 0 Å². The molecule has 0 spiro atoms. The summed E-state index contributed by atoms with van der Waals surface area (Å²) in [5, 5.41) is 12.9. The fraction of sp³-hybridized carbons (Fsp3) is 0.929. The van der Waals surface area contributed by atoms with Crippen LogP contribution in [0.2, 0.25) is 0 Å². The Morgan fingerprint density at radius 2 is 1.80 bits per heavy atom. The number of likely N-dealkylation sites (tertiary alicyclic amines) is 1. The molecule has 112 valence electrons. The molecule has 0 aliphatic carbocycles. The van der Waals surface area contributed by atoms with E-state index in [1.807, 2.05) is 0 Å².